The van der Waals surface area contributed by atoms with Gasteiger partial charge in [0.2, 0.25) is 0 Å². The molecule has 1 amide bonds. The molecule has 0 fully saturated rings. The van der Waals surface area contributed by atoms with Gasteiger partial charge in [0.25, 0.3) is 5.91 Å². The Kier molecular flexibility index (Phi) is 4.55. The normalized spacial score (nSPS) is 10.1. The molecule has 2 aromatic heterocycles. The number of hydrogen-bond donors (Lipinski definition) is 1. The van der Waals surface area contributed by atoms with Crippen LogP contribution in [0.2, 0.25) is 0 Å². The molecule has 3 rings (SSSR count). The van der Waals surface area contributed by atoms with Gasteiger partial charge in [0.15, 0.2) is 11.5 Å². The molecule has 0 saturated heterocycles. The number of benzene rings is 1. The molecule has 5 nitrogen and oxygen atoms in total. The second-order valence-corrected chi connectivity index (χ2v) is 4.45. The fourth-order valence-electron chi connectivity index (χ4n) is 1.98. The Bertz CT molecular complexity index is 756. The minimum Gasteiger partial charge on any atom is -0.441 e. The minimum absolute atomic E-state index is 0. The summed E-state index contributed by atoms with van der Waals surface area (Å²) in [6.45, 7) is 2.25. The summed E-state index contributed by atoms with van der Waals surface area (Å²) in [4.78, 5) is 20.0. The molecule has 21 heavy (non-hydrogen) atoms. The van der Waals surface area contributed by atoms with Gasteiger partial charge in [0.1, 0.15) is 5.52 Å². The van der Waals surface area contributed by atoms with Gasteiger partial charge in [-0.25, -0.2) is 4.98 Å². The number of carbonyl (C=O) groups is 1. The lowest BCUT2D eigenvalue weighted by Crippen LogP contribution is -2.22. The van der Waals surface area contributed by atoms with E-state index >= 15 is 0 Å². The van der Waals surface area contributed by atoms with Gasteiger partial charge < -0.3 is 9.73 Å². The highest BCUT2D eigenvalue weighted by Crippen LogP contribution is 2.16. The van der Waals surface area contributed by atoms with Crippen LogP contribution in [0.4, 0.5) is 0 Å². The number of nitrogens with one attached hydrogen (secondary N) is 1. The molecule has 0 aliphatic carbocycles. The Labute approximate surface area is 127 Å². The van der Waals surface area contributed by atoms with E-state index in [2.05, 4.69) is 15.3 Å². The molecule has 0 aliphatic heterocycles. The Balaban J connectivity index is 0.00000161. The largest absolute Gasteiger partial charge is 0.441 e. The molecule has 0 atom stereocenters. The van der Waals surface area contributed by atoms with E-state index in [9.17, 15) is 4.79 Å². The van der Waals surface area contributed by atoms with Crippen molar-refractivity contribution in [2.45, 2.75) is 13.5 Å². The number of amides is 1. The maximum absolute atomic E-state index is 11.9. The molecule has 6 heteroatoms. The predicted octanol–water partition coefficient (Wildman–Crippen LogP) is 2.88. The number of pyridine rings is 1. The molecule has 1 N–H and O–H groups in total. The van der Waals surface area contributed by atoms with E-state index in [4.69, 9.17) is 4.42 Å². The lowest BCUT2D eigenvalue weighted by atomic mass is 10.2. The Hall–Kier alpha value is -2.40. The van der Waals surface area contributed by atoms with Crippen molar-refractivity contribution in [2.75, 3.05) is 0 Å². The van der Waals surface area contributed by atoms with Gasteiger partial charge in [-0.15, -0.1) is 12.4 Å². The van der Waals surface area contributed by atoms with E-state index in [0.717, 1.165) is 16.7 Å². The SMILES string of the molecule is Cc1nc2ccc(CNC(=O)c3ccncc3)cc2o1.Cl. The molecule has 0 unspecified atom stereocenters. The number of oxazole rings is 1. The number of halogens is 1. The molecule has 1 aromatic carbocycles. The zero-order valence-corrected chi connectivity index (χ0v) is 12.2. The number of nitrogens with zero attached hydrogens (tertiary/aromatic N) is 2. The third kappa shape index (κ3) is 3.38. The molecule has 0 saturated carbocycles. The highest BCUT2D eigenvalue weighted by Gasteiger charge is 2.06. The first-order valence-electron chi connectivity index (χ1n) is 6.27. The van der Waals surface area contributed by atoms with E-state index in [1.807, 2.05) is 25.1 Å². The summed E-state index contributed by atoms with van der Waals surface area (Å²) >= 11 is 0. The summed E-state index contributed by atoms with van der Waals surface area (Å²) in [5.41, 5.74) is 3.12. The second kappa shape index (κ2) is 6.37. The van der Waals surface area contributed by atoms with E-state index < -0.39 is 0 Å². The number of hydrogen-bond acceptors (Lipinski definition) is 4. The lowest BCUT2D eigenvalue weighted by molar-refractivity contribution is 0.0951. The van der Waals surface area contributed by atoms with Crippen molar-refractivity contribution >= 4 is 29.4 Å². The van der Waals surface area contributed by atoms with E-state index in [1.54, 1.807) is 24.5 Å². The van der Waals surface area contributed by atoms with Crippen molar-refractivity contribution < 1.29 is 9.21 Å². The summed E-state index contributed by atoms with van der Waals surface area (Å²) < 4.78 is 5.47. The maximum atomic E-state index is 11.9. The van der Waals surface area contributed by atoms with Crippen LogP contribution in [0.1, 0.15) is 21.8 Å². The van der Waals surface area contributed by atoms with Crippen LogP contribution in [-0.2, 0) is 6.54 Å². The van der Waals surface area contributed by atoms with Crippen molar-refractivity contribution in [3.05, 3.63) is 59.7 Å². The van der Waals surface area contributed by atoms with Crippen LogP contribution in [0.15, 0.2) is 47.1 Å². The average molecular weight is 304 g/mol. The average Bonchev–Trinajstić information content (AvgIpc) is 2.85. The molecular weight excluding hydrogens is 290 g/mol. The first-order valence-corrected chi connectivity index (χ1v) is 6.27. The Morgan fingerprint density at radius 2 is 2.00 bits per heavy atom. The smallest absolute Gasteiger partial charge is 0.251 e. The summed E-state index contributed by atoms with van der Waals surface area (Å²) in [5, 5.41) is 2.86. The monoisotopic (exact) mass is 303 g/mol. The van der Waals surface area contributed by atoms with E-state index in [0.29, 0.717) is 18.0 Å². The van der Waals surface area contributed by atoms with Crippen LogP contribution >= 0.6 is 12.4 Å². The Morgan fingerprint density at radius 1 is 1.24 bits per heavy atom. The predicted molar refractivity (Wildman–Crippen MR) is 81.4 cm³/mol. The quantitative estimate of drug-likeness (QED) is 0.808. The minimum atomic E-state index is -0.124. The van der Waals surface area contributed by atoms with Crippen LogP contribution in [0.5, 0.6) is 0 Å². The first-order chi connectivity index (χ1) is 9.72. The van der Waals surface area contributed by atoms with Gasteiger partial charge >= 0.3 is 0 Å². The lowest BCUT2D eigenvalue weighted by Gasteiger charge is -2.04. The van der Waals surface area contributed by atoms with Crippen molar-refractivity contribution in [3.63, 3.8) is 0 Å². The van der Waals surface area contributed by atoms with Crippen molar-refractivity contribution in [3.8, 4) is 0 Å². The third-order valence-corrected chi connectivity index (χ3v) is 2.96. The van der Waals surface area contributed by atoms with Gasteiger partial charge in [-0.1, -0.05) is 6.07 Å². The number of aryl methyl sites for hydroxylation is 1. The molecule has 3 aromatic rings. The number of aromatic nitrogens is 2. The topological polar surface area (TPSA) is 68.0 Å². The summed E-state index contributed by atoms with van der Waals surface area (Å²) in [7, 11) is 0. The zero-order valence-electron chi connectivity index (χ0n) is 11.4. The number of carbonyl (C=O) groups excluding carboxylic acids is 1. The van der Waals surface area contributed by atoms with Crippen molar-refractivity contribution in [1.82, 2.24) is 15.3 Å². The van der Waals surface area contributed by atoms with Crippen LogP contribution in [-0.4, -0.2) is 15.9 Å². The third-order valence-electron chi connectivity index (χ3n) is 2.96. The summed E-state index contributed by atoms with van der Waals surface area (Å²) in [6, 6.07) is 9.07. The van der Waals surface area contributed by atoms with Crippen LogP contribution in [0, 0.1) is 6.92 Å². The van der Waals surface area contributed by atoms with Crippen molar-refractivity contribution in [1.29, 1.82) is 0 Å². The van der Waals surface area contributed by atoms with E-state index in [1.165, 1.54) is 0 Å². The molecule has 0 radical (unpaired) electrons. The van der Waals surface area contributed by atoms with Crippen molar-refractivity contribution in [2.24, 2.45) is 0 Å². The molecule has 108 valence electrons. The summed E-state index contributed by atoms with van der Waals surface area (Å²) in [6.07, 6.45) is 3.19. The number of fused-ring (bicyclic) bond motifs is 1. The van der Waals surface area contributed by atoms with Gasteiger partial charge in [-0.3, -0.25) is 9.78 Å². The standard InChI is InChI=1S/C15H13N3O2.ClH/c1-10-18-13-3-2-11(8-14(13)20-10)9-17-15(19)12-4-6-16-7-5-12;/h2-8H,9H2,1H3,(H,17,19);1H. The summed E-state index contributed by atoms with van der Waals surface area (Å²) in [5.74, 6) is 0.513. The number of rotatable bonds is 3. The highest BCUT2D eigenvalue weighted by molar-refractivity contribution is 5.93. The first kappa shape index (κ1) is 15.0. The van der Waals surface area contributed by atoms with Gasteiger partial charge in [0.05, 0.1) is 0 Å². The highest BCUT2D eigenvalue weighted by atomic mass is 35.5. The molecule has 0 aliphatic rings. The Morgan fingerprint density at radius 3 is 2.76 bits per heavy atom. The van der Waals surface area contributed by atoms with Gasteiger partial charge in [-0.2, -0.15) is 0 Å². The van der Waals surface area contributed by atoms with Crippen LogP contribution in [0.3, 0.4) is 0 Å². The van der Waals surface area contributed by atoms with Gasteiger partial charge in [-0.05, 0) is 29.8 Å². The fraction of sp³-hybridized carbons (Fsp3) is 0.133. The van der Waals surface area contributed by atoms with Crippen LogP contribution < -0.4 is 5.32 Å². The molecular formula is C15H14ClN3O2. The van der Waals surface area contributed by atoms with E-state index in [-0.39, 0.29) is 18.3 Å². The van der Waals surface area contributed by atoms with Gasteiger partial charge in [0, 0.05) is 31.4 Å². The maximum Gasteiger partial charge on any atom is 0.251 e. The molecule has 0 spiro atoms. The second-order valence-electron chi connectivity index (χ2n) is 4.45. The fourth-order valence-corrected chi connectivity index (χ4v) is 1.98. The molecule has 2 heterocycles. The zero-order chi connectivity index (χ0) is 13.9. The molecule has 0 bridgehead atoms. The van der Waals surface area contributed by atoms with Crippen LogP contribution in [0.25, 0.3) is 11.1 Å².